The number of rotatable bonds is 2. The van der Waals surface area contributed by atoms with E-state index >= 15 is 0 Å². The lowest BCUT2D eigenvalue weighted by atomic mass is 10.2. The second kappa shape index (κ2) is 4.02. The van der Waals surface area contributed by atoms with Crippen molar-refractivity contribution in [2.24, 2.45) is 0 Å². The number of fused-ring (bicyclic) bond motifs is 3. The Morgan fingerprint density at radius 1 is 1.18 bits per heavy atom. The van der Waals surface area contributed by atoms with E-state index in [2.05, 4.69) is 9.55 Å². The smallest absolute Gasteiger partial charge is 0.0678 e. The van der Waals surface area contributed by atoms with Gasteiger partial charge in [-0.1, -0.05) is 11.6 Å². The molecule has 0 atom stereocenters. The highest BCUT2D eigenvalue weighted by molar-refractivity contribution is 6.31. The molecule has 0 saturated carbocycles. The molecule has 17 heavy (non-hydrogen) atoms. The molecule has 0 aliphatic carbocycles. The molecule has 0 unspecified atom stereocenters. The van der Waals surface area contributed by atoms with Gasteiger partial charge in [0.25, 0.3) is 0 Å². The molecular weight excluding hydrogens is 236 g/mol. The zero-order valence-electron chi connectivity index (χ0n) is 9.10. The van der Waals surface area contributed by atoms with Crippen LogP contribution in [0.3, 0.4) is 0 Å². The summed E-state index contributed by atoms with van der Waals surface area (Å²) >= 11 is 6.03. The largest absolute Gasteiger partial charge is 0.395 e. The summed E-state index contributed by atoms with van der Waals surface area (Å²) in [4.78, 5) is 4.14. The van der Waals surface area contributed by atoms with E-state index in [1.165, 1.54) is 0 Å². The number of halogens is 1. The second-order valence-corrected chi connectivity index (χ2v) is 4.37. The molecule has 0 spiro atoms. The molecule has 0 aliphatic rings. The predicted octanol–water partition coefficient (Wildman–Crippen LogP) is 2.84. The molecule has 0 aliphatic heterocycles. The van der Waals surface area contributed by atoms with Crippen LogP contribution in [-0.2, 0) is 6.54 Å². The van der Waals surface area contributed by atoms with Crippen molar-refractivity contribution in [3.63, 3.8) is 0 Å². The highest BCUT2D eigenvalue weighted by Gasteiger charge is 2.10. The third-order valence-electron chi connectivity index (χ3n) is 2.95. The normalized spacial score (nSPS) is 11.4. The maximum atomic E-state index is 9.14. The van der Waals surface area contributed by atoms with Gasteiger partial charge in [0.15, 0.2) is 0 Å². The number of hydrogen-bond acceptors (Lipinski definition) is 2. The molecule has 0 amide bonds. The fraction of sp³-hybridized carbons (Fsp3) is 0.154. The Morgan fingerprint density at radius 3 is 2.88 bits per heavy atom. The van der Waals surface area contributed by atoms with Gasteiger partial charge in [-0.2, -0.15) is 0 Å². The minimum Gasteiger partial charge on any atom is -0.395 e. The lowest BCUT2D eigenvalue weighted by Crippen LogP contribution is -2.01. The summed E-state index contributed by atoms with van der Waals surface area (Å²) in [6.07, 6.45) is 3.59. The van der Waals surface area contributed by atoms with Crippen LogP contribution in [0.2, 0.25) is 5.02 Å². The van der Waals surface area contributed by atoms with Crippen LogP contribution in [-0.4, -0.2) is 21.3 Å². The highest BCUT2D eigenvalue weighted by atomic mass is 35.5. The highest BCUT2D eigenvalue weighted by Crippen LogP contribution is 2.30. The van der Waals surface area contributed by atoms with Crippen LogP contribution in [0, 0.1) is 0 Å². The topological polar surface area (TPSA) is 38.0 Å². The van der Waals surface area contributed by atoms with Crippen LogP contribution in [0.25, 0.3) is 21.8 Å². The van der Waals surface area contributed by atoms with Crippen molar-refractivity contribution in [1.29, 1.82) is 0 Å². The van der Waals surface area contributed by atoms with E-state index in [1.54, 1.807) is 6.20 Å². The van der Waals surface area contributed by atoms with Crippen molar-refractivity contribution < 1.29 is 5.11 Å². The fourth-order valence-corrected chi connectivity index (χ4v) is 2.43. The predicted molar refractivity (Wildman–Crippen MR) is 69.3 cm³/mol. The van der Waals surface area contributed by atoms with Crippen LogP contribution >= 0.6 is 11.6 Å². The average molecular weight is 247 g/mol. The van der Waals surface area contributed by atoms with Crippen LogP contribution < -0.4 is 0 Å². The first-order chi connectivity index (χ1) is 8.31. The molecule has 1 N–H and O–H groups in total. The second-order valence-electron chi connectivity index (χ2n) is 3.93. The minimum absolute atomic E-state index is 0.108. The summed E-state index contributed by atoms with van der Waals surface area (Å²) in [5, 5.41) is 12.1. The molecule has 2 aromatic heterocycles. The van der Waals surface area contributed by atoms with E-state index in [0.29, 0.717) is 6.54 Å². The van der Waals surface area contributed by atoms with Crippen molar-refractivity contribution in [1.82, 2.24) is 9.55 Å². The molecule has 2 heterocycles. The summed E-state index contributed by atoms with van der Waals surface area (Å²) in [5.41, 5.74) is 2.10. The summed E-state index contributed by atoms with van der Waals surface area (Å²) in [6.45, 7) is 0.670. The van der Waals surface area contributed by atoms with E-state index in [0.717, 1.165) is 26.8 Å². The summed E-state index contributed by atoms with van der Waals surface area (Å²) in [7, 11) is 0. The van der Waals surface area contributed by atoms with Gasteiger partial charge in [0.05, 0.1) is 18.3 Å². The number of pyridine rings is 1. The van der Waals surface area contributed by atoms with Gasteiger partial charge in [-0.15, -0.1) is 0 Å². The zero-order valence-corrected chi connectivity index (χ0v) is 9.85. The molecule has 3 rings (SSSR count). The Bertz CT molecular complexity index is 690. The molecule has 0 radical (unpaired) electrons. The maximum absolute atomic E-state index is 9.14. The minimum atomic E-state index is 0.108. The van der Waals surface area contributed by atoms with Crippen molar-refractivity contribution in [2.45, 2.75) is 6.54 Å². The molecular formula is C13H11ClN2O. The van der Waals surface area contributed by atoms with Crippen molar-refractivity contribution in [3.8, 4) is 0 Å². The summed E-state index contributed by atoms with van der Waals surface area (Å²) in [5.74, 6) is 0. The SMILES string of the molecule is OCCn1c2ccc(Cl)cc2c2ccncc21. The van der Waals surface area contributed by atoms with Gasteiger partial charge < -0.3 is 9.67 Å². The molecule has 4 heteroatoms. The number of hydrogen-bond donors (Lipinski definition) is 1. The van der Waals surface area contributed by atoms with E-state index < -0.39 is 0 Å². The first-order valence-electron chi connectivity index (χ1n) is 5.43. The van der Waals surface area contributed by atoms with Gasteiger partial charge in [0, 0.05) is 34.1 Å². The Kier molecular flexibility index (Phi) is 2.50. The molecule has 0 fully saturated rings. The summed E-state index contributed by atoms with van der Waals surface area (Å²) in [6, 6.07) is 7.77. The molecule has 3 nitrogen and oxygen atoms in total. The lowest BCUT2D eigenvalue weighted by Gasteiger charge is -2.03. The molecule has 0 bridgehead atoms. The van der Waals surface area contributed by atoms with Crippen LogP contribution in [0.4, 0.5) is 0 Å². The standard InChI is InChI=1S/C13H11ClN2O/c14-9-1-2-12-11(7-9)10-3-4-15-8-13(10)16(12)5-6-17/h1-4,7-8,17H,5-6H2. The van der Waals surface area contributed by atoms with Crippen LogP contribution in [0.1, 0.15) is 0 Å². The maximum Gasteiger partial charge on any atom is 0.0678 e. The molecule has 86 valence electrons. The summed E-state index contributed by atoms with van der Waals surface area (Å²) < 4.78 is 2.06. The third-order valence-corrected chi connectivity index (χ3v) is 3.19. The fourth-order valence-electron chi connectivity index (χ4n) is 2.26. The van der Waals surface area contributed by atoms with Crippen molar-refractivity contribution in [3.05, 3.63) is 41.7 Å². The van der Waals surface area contributed by atoms with Gasteiger partial charge in [-0.05, 0) is 24.3 Å². The lowest BCUT2D eigenvalue weighted by molar-refractivity contribution is 0.280. The first kappa shape index (κ1) is 10.6. The van der Waals surface area contributed by atoms with E-state index in [4.69, 9.17) is 16.7 Å². The zero-order chi connectivity index (χ0) is 11.8. The number of benzene rings is 1. The Morgan fingerprint density at radius 2 is 2.06 bits per heavy atom. The monoisotopic (exact) mass is 246 g/mol. The van der Waals surface area contributed by atoms with Crippen molar-refractivity contribution in [2.75, 3.05) is 6.61 Å². The molecule has 1 aromatic carbocycles. The first-order valence-corrected chi connectivity index (χ1v) is 5.81. The van der Waals surface area contributed by atoms with Crippen LogP contribution in [0.5, 0.6) is 0 Å². The number of aromatic nitrogens is 2. The molecule has 0 saturated heterocycles. The Balaban J connectivity index is 2.48. The van der Waals surface area contributed by atoms with Gasteiger partial charge in [0.1, 0.15) is 0 Å². The number of aliphatic hydroxyl groups excluding tert-OH is 1. The Labute approximate surface area is 103 Å². The van der Waals surface area contributed by atoms with Gasteiger partial charge >= 0.3 is 0 Å². The number of nitrogens with zero attached hydrogens (tertiary/aromatic N) is 2. The van der Waals surface area contributed by atoms with Gasteiger partial charge in [-0.25, -0.2) is 0 Å². The number of aliphatic hydroxyl groups is 1. The molecule has 3 aromatic rings. The average Bonchev–Trinajstić information content (AvgIpc) is 2.65. The van der Waals surface area contributed by atoms with Gasteiger partial charge in [0.2, 0.25) is 0 Å². The van der Waals surface area contributed by atoms with E-state index in [-0.39, 0.29) is 6.61 Å². The Hall–Kier alpha value is -1.58. The van der Waals surface area contributed by atoms with Crippen LogP contribution in [0.15, 0.2) is 36.7 Å². The van der Waals surface area contributed by atoms with Gasteiger partial charge in [-0.3, -0.25) is 4.98 Å². The van der Waals surface area contributed by atoms with E-state index in [9.17, 15) is 0 Å². The van der Waals surface area contributed by atoms with E-state index in [1.807, 2.05) is 30.5 Å². The van der Waals surface area contributed by atoms with Crippen molar-refractivity contribution >= 4 is 33.4 Å². The quantitative estimate of drug-likeness (QED) is 0.755. The third kappa shape index (κ3) is 1.59.